The first-order chi connectivity index (χ1) is 16.8. The Morgan fingerprint density at radius 1 is 0.972 bits per heavy atom. The minimum Gasteiger partial charge on any atom is -0.490 e. The molecule has 1 amide bonds. The summed E-state index contributed by atoms with van der Waals surface area (Å²) in [7, 11) is 1.75. The van der Waals surface area contributed by atoms with Crippen molar-refractivity contribution in [2.45, 2.75) is 43.6 Å². The summed E-state index contributed by atoms with van der Waals surface area (Å²) < 4.78 is 50.1. The SMILES string of the molecule is COC1(c2ccc(C(=O)N3CC4CC(Oc5ccc(C(F)(F)F)cc5)CC4C3)cc2)CCNCC1.Cl. The Kier molecular flexibility index (Phi) is 7.88. The van der Waals surface area contributed by atoms with Gasteiger partial charge in [-0.2, -0.15) is 13.2 Å². The first kappa shape index (κ1) is 26.8. The molecular formula is C27H32ClF3N2O3. The summed E-state index contributed by atoms with van der Waals surface area (Å²) in [6.45, 7) is 3.20. The number of likely N-dealkylation sites (tertiary alicyclic amines) is 1. The summed E-state index contributed by atoms with van der Waals surface area (Å²) >= 11 is 0. The molecule has 2 heterocycles. The predicted molar refractivity (Wildman–Crippen MR) is 132 cm³/mol. The molecule has 36 heavy (non-hydrogen) atoms. The third-order valence-corrected chi connectivity index (χ3v) is 7.94. The number of amides is 1. The topological polar surface area (TPSA) is 50.8 Å². The minimum absolute atomic E-state index is 0. The molecule has 196 valence electrons. The van der Waals surface area contributed by atoms with Crippen LogP contribution in [0.15, 0.2) is 48.5 Å². The largest absolute Gasteiger partial charge is 0.490 e. The molecule has 9 heteroatoms. The van der Waals surface area contributed by atoms with Crippen LogP contribution in [0, 0.1) is 11.8 Å². The van der Waals surface area contributed by atoms with E-state index in [9.17, 15) is 18.0 Å². The lowest BCUT2D eigenvalue weighted by atomic mass is 9.84. The highest BCUT2D eigenvalue weighted by molar-refractivity contribution is 5.94. The van der Waals surface area contributed by atoms with Gasteiger partial charge in [-0.1, -0.05) is 12.1 Å². The highest BCUT2D eigenvalue weighted by Crippen LogP contribution is 2.41. The molecule has 0 bridgehead atoms. The predicted octanol–water partition coefficient (Wildman–Crippen LogP) is 5.28. The number of nitrogens with one attached hydrogen (secondary N) is 1. The first-order valence-electron chi connectivity index (χ1n) is 12.3. The zero-order chi connectivity index (χ0) is 24.6. The number of methoxy groups -OCH3 is 1. The van der Waals surface area contributed by atoms with Gasteiger partial charge in [0.1, 0.15) is 5.75 Å². The molecule has 1 saturated carbocycles. The maximum atomic E-state index is 13.2. The lowest BCUT2D eigenvalue weighted by Gasteiger charge is -2.37. The average Bonchev–Trinajstić information content (AvgIpc) is 3.43. The van der Waals surface area contributed by atoms with E-state index in [2.05, 4.69) is 5.32 Å². The van der Waals surface area contributed by atoms with Gasteiger partial charge in [0.25, 0.3) is 5.91 Å². The summed E-state index contributed by atoms with van der Waals surface area (Å²) in [6, 6.07) is 12.7. The van der Waals surface area contributed by atoms with Gasteiger partial charge in [0.15, 0.2) is 0 Å². The van der Waals surface area contributed by atoms with Crippen molar-refractivity contribution in [3.05, 3.63) is 65.2 Å². The van der Waals surface area contributed by atoms with Crippen molar-refractivity contribution in [1.29, 1.82) is 0 Å². The second-order valence-corrected chi connectivity index (χ2v) is 9.99. The quantitative estimate of drug-likeness (QED) is 0.578. The number of fused-ring (bicyclic) bond motifs is 1. The number of hydrogen-bond donors (Lipinski definition) is 1. The van der Waals surface area contributed by atoms with Gasteiger partial charge in [0.2, 0.25) is 0 Å². The van der Waals surface area contributed by atoms with Gasteiger partial charge in [-0.05, 0) is 92.6 Å². The number of nitrogens with zero attached hydrogens (tertiary/aromatic N) is 1. The van der Waals surface area contributed by atoms with Crippen LogP contribution in [0.25, 0.3) is 0 Å². The number of ether oxygens (including phenoxy) is 2. The van der Waals surface area contributed by atoms with Gasteiger partial charge in [-0.25, -0.2) is 0 Å². The van der Waals surface area contributed by atoms with Gasteiger partial charge >= 0.3 is 6.18 Å². The molecular weight excluding hydrogens is 493 g/mol. The molecule has 2 saturated heterocycles. The Morgan fingerprint density at radius 2 is 1.56 bits per heavy atom. The number of rotatable bonds is 5. The van der Waals surface area contributed by atoms with E-state index in [0.717, 1.165) is 56.5 Å². The molecule has 0 spiro atoms. The number of carbonyl (C=O) groups excluding carboxylic acids is 1. The van der Waals surface area contributed by atoms with Crippen LogP contribution >= 0.6 is 12.4 Å². The second-order valence-electron chi connectivity index (χ2n) is 9.99. The average molecular weight is 525 g/mol. The van der Waals surface area contributed by atoms with E-state index in [1.54, 1.807) is 7.11 Å². The number of alkyl halides is 3. The van der Waals surface area contributed by atoms with E-state index in [1.807, 2.05) is 29.2 Å². The van der Waals surface area contributed by atoms with Crippen LogP contribution in [0.5, 0.6) is 5.75 Å². The fourth-order valence-electron chi connectivity index (χ4n) is 5.96. The molecule has 0 radical (unpaired) electrons. The van der Waals surface area contributed by atoms with E-state index in [4.69, 9.17) is 9.47 Å². The molecule has 3 fully saturated rings. The van der Waals surface area contributed by atoms with Crippen LogP contribution in [0.3, 0.4) is 0 Å². The number of halogens is 4. The standard InChI is InChI=1S/C27H31F3N2O3.ClH/c1-34-26(10-12-31-13-11-26)21-4-2-18(3-5-21)25(33)32-16-19-14-24(15-20(19)17-32)35-23-8-6-22(7-9-23)27(28,29)30;/h2-9,19-20,24,31H,10-17H2,1H3;1H. The van der Waals surface area contributed by atoms with Crippen molar-refractivity contribution >= 4 is 18.3 Å². The molecule has 2 atom stereocenters. The van der Waals surface area contributed by atoms with Gasteiger partial charge < -0.3 is 19.7 Å². The van der Waals surface area contributed by atoms with Gasteiger partial charge in [0, 0.05) is 25.8 Å². The van der Waals surface area contributed by atoms with Crippen LogP contribution in [-0.4, -0.2) is 50.2 Å². The molecule has 1 N–H and O–H groups in total. The normalized spacial score (nSPS) is 25.2. The van der Waals surface area contributed by atoms with E-state index in [-0.39, 0.29) is 30.0 Å². The molecule has 1 aliphatic carbocycles. The fourth-order valence-corrected chi connectivity index (χ4v) is 5.96. The minimum atomic E-state index is -4.35. The van der Waals surface area contributed by atoms with E-state index < -0.39 is 11.7 Å². The number of carbonyl (C=O) groups is 1. The maximum absolute atomic E-state index is 13.2. The Balaban J connectivity index is 0.00000304. The second kappa shape index (κ2) is 10.6. The Hall–Kier alpha value is -2.29. The summed E-state index contributed by atoms with van der Waals surface area (Å²) in [5.74, 6) is 1.20. The van der Waals surface area contributed by atoms with E-state index >= 15 is 0 Å². The van der Waals surface area contributed by atoms with Crippen molar-refractivity contribution in [3.63, 3.8) is 0 Å². The zero-order valence-electron chi connectivity index (χ0n) is 20.2. The molecule has 2 aromatic carbocycles. The third-order valence-electron chi connectivity index (χ3n) is 7.94. The lowest BCUT2D eigenvalue weighted by molar-refractivity contribution is -0.137. The van der Waals surface area contributed by atoms with Crippen molar-refractivity contribution in [3.8, 4) is 5.75 Å². The first-order valence-corrected chi connectivity index (χ1v) is 12.3. The van der Waals surface area contributed by atoms with Crippen LogP contribution < -0.4 is 10.1 Å². The van der Waals surface area contributed by atoms with E-state index in [0.29, 0.717) is 36.2 Å². The molecule has 2 aromatic rings. The van der Waals surface area contributed by atoms with Crippen LogP contribution in [0.4, 0.5) is 13.2 Å². The third kappa shape index (κ3) is 5.36. The summed E-state index contributed by atoms with van der Waals surface area (Å²) in [4.78, 5) is 15.1. The number of piperidine rings is 1. The monoisotopic (exact) mass is 524 g/mol. The van der Waals surface area contributed by atoms with Crippen LogP contribution in [0.2, 0.25) is 0 Å². The zero-order valence-corrected chi connectivity index (χ0v) is 21.0. The smallest absolute Gasteiger partial charge is 0.416 e. The van der Waals surface area contributed by atoms with Crippen molar-refractivity contribution < 1.29 is 27.4 Å². The van der Waals surface area contributed by atoms with Gasteiger partial charge in [-0.3, -0.25) is 4.79 Å². The highest BCUT2D eigenvalue weighted by atomic mass is 35.5. The molecule has 5 nitrogen and oxygen atoms in total. The van der Waals surface area contributed by atoms with Gasteiger partial charge in [0.05, 0.1) is 17.3 Å². The summed E-state index contributed by atoms with van der Waals surface area (Å²) in [5, 5.41) is 3.36. The number of hydrogen-bond acceptors (Lipinski definition) is 4. The lowest BCUT2D eigenvalue weighted by Crippen LogP contribution is -2.41. The summed E-state index contributed by atoms with van der Waals surface area (Å²) in [5.41, 5.74) is 0.828. The highest BCUT2D eigenvalue weighted by Gasteiger charge is 2.43. The Morgan fingerprint density at radius 3 is 2.08 bits per heavy atom. The van der Waals surface area contributed by atoms with Crippen LogP contribution in [-0.2, 0) is 16.5 Å². The maximum Gasteiger partial charge on any atom is 0.416 e. The van der Waals surface area contributed by atoms with Gasteiger partial charge in [-0.15, -0.1) is 12.4 Å². The van der Waals surface area contributed by atoms with Crippen molar-refractivity contribution in [1.82, 2.24) is 10.2 Å². The van der Waals surface area contributed by atoms with E-state index in [1.165, 1.54) is 12.1 Å². The van der Waals surface area contributed by atoms with Crippen LogP contribution in [0.1, 0.15) is 47.2 Å². The molecule has 2 aliphatic heterocycles. The molecule has 3 aliphatic rings. The van der Waals surface area contributed by atoms with Crippen molar-refractivity contribution in [2.75, 3.05) is 33.3 Å². The Bertz CT molecular complexity index is 1030. The molecule has 2 unspecified atom stereocenters. The summed E-state index contributed by atoms with van der Waals surface area (Å²) in [6.07, 6.45) is -0.965. The molecule has 5 rings (SSSR count). The number of benzene rings is 2. The molecule has 0 aromatic heterocycles. The van der Waals surface area contributed by atoms with Crippen molar-refractivity contribution in [2.24, 2.45) is 11.8 Å². The fraction of sp³-hybridized carbons (Fsp3) is 0.519. The Labute approximate surface area is 215 Å².